The number of unbranched alkanes of at least 4 members (excludes halogenated alkanes) is 2. The van der Waals surface area contributed by atoms with Gasteiger partial charge < -0.3 is 75.8 Å². The predicted molar refractivity (Wildman–Crippen MR) is 345 cm³/mol. The van der Waals surface area contributed by atoms with Gasteiger partial charge in [0.05, 0.1) is 41.9 Å². The number of nitrogens with zero attached hydrogens (tertiary/aromatic N) is 3. The highest BCUT2D eigenvalue weighted by atomic mass is 32.3. The second-order valence-electron chi connectivity index (χ2n) is 25.0. The predicted octanol–water partition coefficient (Wildman–Crippen LogP) is 3.08. The van der Waals surface area contributed by atoms with Crippen LogP contribution in [0.2, 0.25) is 0 Å². The summed E-state index contributed by atoms with van der Waals surface area (Å²) in [7, 11) is 6.92. The Morgan fingerprint density at radius 1 is 0.926 bits per heavy atom. The number of carbonyl (C=O) groups excluding carboxylic acids is 10. The number of amides is 8. The minimum absolute atomic E-state index is 0.0543. The van der Waals surface area contributed by atoms with E-state index in [1.165, 1.54) is 52.3 Å². The average Bonchev–Trinajstić information content (AvgIpc) is 1.33. The Morgan fingerprint density at radius 3 is 2.32 bits per heavy atom. The molecule has 0 spiro atoms. The molecule has 512 valence electrons. The Bertz CT molecular complexity index is 3470. The lowest BCUT2D eigenvalue weighted by Crippen LogP contribution is -2.62. The van der Waals surface area contributed by atoms with Gasteiger partial charge in [-0.3, -0.25) is 63.2 Å². The number of phenols is 2. The standard InChI is InChI=1S/C64H83N8O20PS.Al/c1-7-64(93,94)37-25-44(76)71(58(37)83)22-10-8-9-16-43(75)69-50(31(2)3)57(82)68-38(14-12-21-66-61(65)84)56(81)67-34-19-17-33(18-20-34)30-89-62(85)72-24-23-70-39-26-45(90-32(4)55(39)92-60(70)59(72)88-6)91-41-28-63(86,42(74)29-73)27-36-47(41)54(80)49-48(52(36)78)51(77)35-13-11-15-40(87-5)46(35)53(49)79;/h11,13,15,17-20,31-32,37-39,41,45,50,55,59-60,73,78,80,86,94H,7-10,12,14,16,21-30,93H2,1-6H3,(H,67,81)(H,68,82)(H,69,75)(H3,65,66,84);/q;+1/p-1/t32-,37?,38+,39-,41-,45-,50+,55+,59+,60+,63-,64?;/m0./s1. The molecule has 4 fully saturated rings. The molecule has 4 aliphatic heterocycles. The minimum atomic E-state index is -2.36. The van der Waals surface area contributed by atoms with Crippen molar-refractivity contribution in [3.63, 3.8) is 0 Å². The molecule has 13 atom stereocenters. The van der Waals surface area contributed by atoms with Crippen molar-refractivity contribution >= 4 is 99.2 Å². The second kappa shape index (κ2) is 30.7. The highest BCUT2D eigenvalue weighted by molar-refractivity contribution is 8.23. The van der Waals surface area contributed by atoms with Gasteiger partial charge >= 0.3 is 12.1 Å². The van der Waals surface area contributed by atoms with Crippen molar-refractivity contribution in [1.82, 2.24) is 30.7 Å². The number of Topliss-reactive ketones (excluding diaryl/α,β-unsaturated/α-hetero) is 1. The highest BCUT2D eigenvalue weighted by Gasteiger charge is 2.57. The molecule has 2 radical (unpaired) electrons. The third kappa shape index (κ3) is 15.2. The zero-order valence-corrected chi connectivity index (χ0v) is 56.8. The molecule has 3 unspecified atom stereocenters. The van der Waals surface area contributed by atoms with Crippen LogP contribution < -0.4 is 31.7 Å². The smallest absolute Gasteiger partial charge is 0.412 e. The number of ether oxygens (including phenoxy) is 6. The van der Waals surface area contributed by atoms with Gasteiger partial charge in [-0.1, -0.05) is 51.5 Å². The van der Waals surface area contributed by atoms with E-state index in [1.807, 2.05) is 11.8 Å². The molecule has 2 aliphatic carbocycles. The Morgan fingerprint density at radius 2 is 1.65 bits per heavy atom. The molecule has 4 saturated heterocycles. The summed E-state index contributed by atoms with van der Waals surface area (Å²) >= 11 is 2.58. The number of piperazine rings is 1. The number of benzene rings is 3. The quantitative estimate of drug-likeness (QED) is 0.0136. The number of anilines is 1. The number of primary amides is 1. The van der Waals surface area contributed by atoms with Crippen LogP contribution in [0.3, 0.4) is 0 Å². The Hall–Kier alpha value is -6.81. The molecule has 0 aromatic heterocycles. The van der Waals surface area contributed by atoms with Crippen LogP contribution in [0.4, 0.5) is 15.3 Å². The summed E-state index contributed by atoms with van der Waals surface area (Å²) in [5, 5.41) is 56.6. The van der Waals surface area contributed by atoms with Crippen LogP contribution in [0.5, 0.6) is 17.2 Å². The number of nitrogens with two attached hydrogens (primary N) is 1. The van der Waals surface area contributed by atoms with E-state index in [-0.39, 0.29) is 117 Å². The first-order valence-corrected chi connectivity index (χ1v) is 34.6. The normalized spacial score (nSPS) is 25.1. The number of methoxy groups -OCH3 is 2. The van der Waals surface area contributed by atoms with E-state index in [0.29, 0.717) is 36.9 Å². The zero-order chi connectivity index (χ0) is 69.0. The summed E-state index contributed by atoms with van der Waals surface area (Å²) in [6.45, 7) is 6.67. The summed E-state index contributed by atoms with van der Waals surface area (Å²) < 4.78 is 36.1. The number of urea groups is 1. The number of phenolic OH excluding ortho intramolecular Hbond substituents is 2. The molecule has 0 bridgehead atoms. The first-order chi connectivity index (χ1) is 45.2. The van der Waals surface area contributed by atoms with E-state index >= 15 is 0 Å². The van der Waals surface area contributed by atoms with Crippen LogP contribution in [0.25, 0.3) is 0 Å². The molecule has 31 heteroatoms. The van der Waals surface area contributed by atoms with Crippen LogP contribution in [0.15, 0.2) is 42.5 Å². The lowest BCUT2D eigenvalue weighted by molar-refractivity contribution is -0.248. The van der Waals surface area contributed by atoms with E-state index in [2.05, 4.69) is 45.7 Å². The van der Waals surface area contributed by atoms with E-state index in [0.717, 1.165) is 0 Å². The molecule has 0 saturated carbocycles. The van der Waals surface area contributed by atoms with Gasteiger partial charge in [-0.2, -0.15) is 0 Å². The first-order valence-electron chi connectivity index (χ1n) is 31.7. The van der Waals surface area contributed by atoms with Crippen molar-refractivity contribution < 1.29 is 96.8 Å². The molecular formula is C64H82AlN8O20PS. The van der Waals surface area contributed by atoms with Crippen LogP contribution in [-0.4, -0.2) is 215 Å². The molecule has 3 aromatic rings. The van der Waals surface area contributed by atoms with Gasteiger partial charge in [0.1, 0.15) is 54.3 Å². The minimum Gasteiger partial charge on any atom is -0.507 e. The van der Waals surface area contributed by atoms with E-state index in [1.54, 1.807) is 45.0 Å². The third-order valence-corrected chi connectivity index (χ3v) is 23.1. The maximum Gasteiger partial charge on any atom is 0.412 e. The largest absolute Gasteiger partial charge is 0.507 e. The molecule has 3 aromatic carbocycles. The summed E-state index contributed by atoms with van der Waals surface area (Å²) in [5.74, 6) is -6.86. The number of ketones is 3. The Labute approximate surface area is 562 Å². The van der Waals surface area contributed by atoms with Gasteiger partial charge in [-0.15, -0.1) is 9.24 Å². The number of aliphatic hydroxyl groups excluding tert-OH is 1. The van der Waals surface area contributed by atoms with Gasteiger partial charge in [0, 0.05) is 98.3 Å². The van der Waals surface area contributed by atoms with Crippen LogP contribution in [0.1, 0.15) is 147 Å². The number of likely N-dealkylation sites (tertiary alicyclic amines) is 1. The van der Waals surface area contributed by atoms with Crippen molar-refractivity contribution in [2.75, 3.05) is 52.3 Å². The molecule has 28 nitrogen and oxygen atoms in total. The first kappa shape index (κ1) is 72.5. The molecule has 8 amide bonds. The van der Waals surface area contributed by atoms with Crippen LogP contribution >= 0.6 is 19.4 Å². The van der Waals surface area contributed by atoms with E-state index < -0.39 is 155 Å². The Balaban J connectivity index is 0.787. The number of aromatic hydroxyl groups is 2. The molecular weight excluding hydrogens is 1290 g/mol. The molecule has 10 N–H and O–H groups in total. The SMILES string of the molecule is CCC(P)([S][Al])C1CC(=O)N(CCCCCC(=O)N[C@@H](C(=O)N[C@H](CCCNC(N)=O)C(=O)Nc2ccc(COC(=O)N3CCN4[C@H](O[C@@H]5[C@H](C)O[C@@H](O[C@H]6C[C@](O)(C(=O)CO)Cc7c(O)c8c(c(O)c76)C(=O)c6c(OC)cccc6C8=O)C[C@@H]54)[C@H]3OC)cc2)C(C)C)C1=O. The maximum atomic E-state index is 14.2. The fourth-order valence-corrected chi connectivity index (χ4v) is 15.3. The number of nitrogens with one attached hydrogen (secondary N) is 4. The second-order valence-corrected chi connectivity index (χ2v) is 28.2. The highest BCUT2D eigenvalue weighted by Crippen LogP contribution is 2.53. The number of imide groups is 1. The van der Waals surface area contributed by atoms with Crippen LogP contribution in [-0.2, 0) is 65.5 Å². The monoisotopic (exact) mass is 1370 g/mol. The van der Waals surface area contributed by atoms with Crippen molar-refractivity contribution in [2.24, 2.45) is 17.6 Å². The number of rotatable bonds is 27. The van der Waals surface area contributed by atoms with Crippen molar-refractivity contribution in [1.29, 1.82) is 0 Å². The number of hydrogen-bond donors (Lipinski definition) is 9. The van der Waals surface area contributed by atoms with Crippen LogP contribution in [0, 0.1) is 11.8 Å². The topological polar surface area (TPSA) is 391 Å². The van der Waals surface area contributed by atoms with Gasteiger partial charge in [-0.25, -0.2) is 9.59 Å². The zero-order valence-electron chi connectivity index (χ0n) is 53.7. The number of aliphatic hydroxyl groups is 2. The molecule has 6 aliphatic rings. The van der Waals surface area contributed by atoms with Gasteiger partial charge in [-0.05, 0) is 68.7 Å². The third-order valence-electron chi connectivity index (χ3n) is 18.7. The Kier molecular flexibility index (Phi) is 23.4. The molecule has 9 rings (SSSR count). The van der Waals surface area contributed by atoms with E-state index in [4.69, 9.17) is 34.2 Å². The fourth-order valence-electron chi connectivity index (χ4n) is 13.5. The summed E-state index contributed by atoms with van der Waals surface area (Å²) in [4.78, 5) is 138. The average molecular weight is 1370 g/mol. The van der Waals surface area contributed by atoms with Gasteiger partial charge in [0.25, 0.3) is 0 Å². The van der Waals surface area contributed by atoms with Crippen molar-refractivity contribution in [2.45, 2.75) is 170 Å². The lowest BCUT2D eigenvalue weighted by atomic mass is 9.72. The number of fused-ring (bicyclic) bond motifs is 6. The lowest BCUT2D eigenvalue weighted by Gasteiger charge is -2.45. The molecule has 95 heavy (non-hydrogen) atoms. The summed E-state index contributed by atoms with van der Waals surface area (Å²) in [5.41, 5.74) is 2.13. The van der Waals surface area contributed by atoms with Gasteiger partial charge in [0.2, 0.25) is 50.5 Å². The van der Waals surface area contributed by atoms with Gasteiger partial charge in [0.15, 0.2) is 30.3 Å². The number of carbonyl (C=O) groups is 10. The summed E-state index contributed by atoms with van der Waals surface area (Å²) in [6, 6.07) is 7.43. The van der Waals surface area contributed by atoms with Crippen molar-refractivity contribution in [3.05, 3.63) is 81.4 Å². The molecule has 4 heterocycles. The summed E-state index contributed by atoms with van der Waals surface area (Å²) in [6.07, 6.45) is -4.78. The fraction of sp³-hybridized carbons (Fsp3) is 0.562. The maximum absolute atomic E-state index is 14.2. The van der Waals surface area contributed by atoms with E-state index in [9.17, 15) is 68.4 Å². The number of hydrogen-bond acceptors (Lipinski definition) is 22. The van der Waals surface area contributed by atoms with Crippen molar-refractivity contribution in [3.8, 4) is 17.2 Å².